The number of carbonyl (C=O) groups excluding carboxylic acids is 2. The predicted molar refractivity (Wildman–Crippen MR) is 351 cm³/mol. The molecule has 0 N–H and O–H groups in total. The number of aryl methyl sites for hydroxylation is 2. The molecule has 2 amide bonds. The molecule has 0 bridgehead atoms. The van der Waals surface area contributed by atoms with Gasteiger partial charge in [-0.1, -0.05) is 246 Å². The number of carbonyl (C=O) groups is 2. The summed E-state index contributed by atoms with van der Waals surface area (Å²) in [5.41, 5.74) is 8.32. The lowest BCUT2D eigenvalue weighted by molar-refractivity contribution is -0.124. The molecule has 3 aromatic heterocycles. The van der Waals surface area contributed by atoms with Gasteiger partial charge in [0.15, 0.2) is 0 Å². The van der Waals surface area contributed by atoms with Crippen LogP contribution in [0.5, 0.6) is 0 Å². The Bertz CT molecular complexity index is 2720. The molecule has 5 nitrogen and oxygen atoms in total. The van der Waals surface area contributed by atoms with Crippen LogP contribution in [0.15, 0.2) is 71.8 Å². The summed E-state index contributed by atoms with van der Waals surface area (Å²) >= 11 is 3.54. The van der Waals surface area contributed by atoms with E-state index < -0.39 is 0 Å². The van der Waals surface area contributed by atoms with Gasteiger partial charge in [0.05, 0.1) is 37.8 Å². The van der Waals surface area contributed by atoms with Gasteiger partial charge >= 0.3 is 0 Å². The highest BCUT2D eigenvalue weighted by Crippen LogP contribution is 2.51. The summed E-state index contributed by atoms with van der Waals surface area (Å²) in [5.74, 6) is 0.866. The van der Waals surface area contributed by atoms with Crippen molar-refractivity contribution in [2.24, 2.45) is 11.8 Å². The first-order valence-electron chi connectivity index (χ1n) is 33.5. The van der Waals surface area contributed by atoms with Crippen LogP contribution in [0, 0.1) is 25.7 Å². The number of hydrogen-bond acceptors (Lipinski definition) is 4. The first-order chi connectivity index (χ1) is 39.2. The summed E-state index contributed by atoms with van der Waals surface area (Å²) in [6.45, 7) is 19.6. The third-order valence-corrected chi connectivity index (χ3v) is 20.3. The third kappa shape index (κ3) is 17.1. The molecule has 2 aliphatic heterocycles. The number of thiophene rings is 2. The number of rotatable bonds is 42. The maximum Gasteiger partial charge on any atom is 0.261 e. The van der Waals surface area contributed by atoms with Crippen molar-refractivity contribution in [2.45, 2.75) is 280 Å². The Morgan fingerprint density at radius 1 is 0.388 bits per heavy atom. The number of aromatic nitrogens is 1. The monoisotopic (exact) mass is 1120 g/mol. The first kappa shape index (κ1) is 63.6. The van der Waals surface area contributed by atoms with Crippen LogP contribution in [-0.2, 0) is 9.59 Å². The number of nitrogens with zero attached hydrogens (tertiary/aromatic N) is 3. The number of unbranched alkanes of at least 4 members (excludes halogenated alkanes) is 22. The van der Waals surface area contributed by atoms with Crippen molar-refractivity contribution in [3.8, 4) is 10.4 Å². The van der Waals surface area contributed by atoms with Crippen LogP contribution in [0.1, 0.15) is 286 Å². The molecule has 2 unspecified atom stereocenters. The van der Waals surface area contributed by atoms with E-state index in [0.29, 0.717) is 42.1 Å². The summed E-state index contributed by atoms with van der Waals surface area (Å²) in [7, 11) is 0. The van der Waals surface area contributed by atoms with Gasteiger partial charge in [0, 0.05) is 45.2 Å². The fraction of sp³-hybridized carbons (Fsp3) is 0.644. The number of amides is 2. The van der Waals surface area contributed by atoms with Gasteiger partial charge in [0.25, 0.3) is 11.8 Å². The van der Waals surface area contributed by atoms with Gasteiger partial charge in [-0.05, 0) is 112 Å². The van der Waals surface area contributed by atoms with E-state index >= 15 is 9.59 Å². The molecule has 2 aliphatic rings. The van der Waals surface area contributed by atoms with E-state index in [-0.39, 0.29) is 11.8 Å². The van der Waals surface area contributed by atoms with Crippen molar-refractivity contribution in [3.63, 3.8) is 0 Å². The minimum atomic E-state index is 0.0453. The molecule has 5 aromatic rings. The average molecular weight is 1120 g/mol. The van der Waals surface area contributed by atoms with Gasteiger partial charge in [-0.15, -0.1) is 22.7 Å². The number of fused-ring (bicyclic) bond motifs is 4. The molecule has 5 heterocycles. The molecule has 440 valence electrons. The molecule has 2 aromatic carbocycles. The van der Waals surface area contributed by atoms with E-state index in [9.17, 15) is 0 Å². The molecule has 80 heavy (non-hydrogen) atoms. The van der Waals surface area contributed by atoms with E-state index in [2.05, 4.69) is 130 Å². The lowest BCUT2D eigenvalue weighted by Gasteiger charge is -2.29. The first-order valence-corrected chi connectivity index (χ1v) is 35.1. The average Bonchev–Trinajstić information content (AvgIpc) is 4.35. The Kier molecular flexibility index (Phi) is 27.0. The fourth-order valence-electron chi connectivity index (χ4n) is 13.5. The molecule has 0 saturated carbocycles. The fourth-order valence-corrected chi connectivity index (χ4v) is 15.5. The lowest BCUT2D eigenvalue weighted by Crippen LogP contribution is -2.34. The van der Waals surface area contributed by atoms with Gasteiger partial charge in [-0.2, -0.15) is 0 Å². The Morgan fingerprint density at radius 2 is 0.762 bits per heavy atom. The minimum Gasteiger partial charge on any atom is -0.337 e. The van der Waals surface area contributed by atoms with Crippen LogP contribution in [0.25, 0.3) is 43.6 Å². The van der Waals surface area contributed by atoms with Crippen molar-refractivity contribution >= 4 is 67.7 Å². The maximum absolute atomic E-state index is 15.9. The Morgan fingerprint density at radius 3 is 1.21 bits per heavy atom. The van der Waals surface area contributed by atoms with Crippen LogP contribution < -0.4 is 0 Å². The largest absolute Gasteiger partial charge is 0.337 e. The second kappa shape index (κ2) is 34.0. The quantitative estimate of drug-likeness (QED) is 0.0366. The van der Waals surface area contributed by atoms with Gasteiger partial charge in [-0.25, -0.2) is 0 Å². The Labute approximate surface area is 495 Å². The lowest BCUT2D eigenvalue weighted by atomic mass is 9.93. The molecule has 7 heteroatoms. The molecule has 0 fully saturated rings. The van der Waals surface area contributed by atoms with Crippen molar-refractivity contribution < 1.29 is 9.59 Å². The Hall–Kier alpha value is -3.94. The molecular weight excluding hydrogens is 1010 g/mol. The number of hydrogen-bond donors (Lipinski definition) is 0. The third-order valence-electron chi connectivity index (χ3n) is 18.1. The highest BCUT2D eigenvalue weighted by atomic mass is 32.1. The van der Waals surface area contributed by atoms with Crippen LogP contribution in [0.4, 0.5) is 0 Å². The van der Waals surface area contributed by atoms with E-state index in [4.69, 9.17) is 0 Å². The van der Waals surface area contributed by atoms with Gasteiger partial charge in [0.2, 0.25) is 0 Å². The zero-order valence-electron chi connectivity index (χ0n) is 51.9. The van der Waals surface area contributed by atoms with Gasteiger partial charge in [-0.3, -0.25) is 9.59 Å². The van der Waals surface area contributed by atoms with Crippen LogP contribution in [0.3, 0.4) is 0 Å². The van der Waals surface area contributed by atoms with Crippen LogP contribution in [-0.4, -0.2) is 39.3 Å². The summed E-state index contributed by atoms with van der Waals surface area (Å²) in [6, 6.07) is 23.7. The molecule has 0 aliphatic carbocycles. The molecule has 7 rings (SSSR count). The van der Waals surface area contributed by atoms with Crippen molar-refractivity contribution in [3.05, 3.63) is 92.0 Å². The highest BCUT2D eigenvalue weighted by molar-refractivity contribution is 7.16. The smallest absolute Gasteiger partial charge is 0.261 e. The zero-order valence-corrected chi connectivity index (χ0v) is 53.6. The highest BCUT2D eigenvalue weighted by Gasteiger charge is 2.50. The van der Waals surface area contributed by atoms with E-state index in [1.807, 2.05) is 0 Å². The summed E-state index contributed by atoms with van der Waals surface area (Å²) < 4.78 is 2.75. The van der Waals surface area contributed by atoms with Crippen molar-refractivity contribution in [1.82, 2.24) is 14.4 Å². The van der Waals surface area contributed by atoms with Crippen molar-refractivity contribution in [2.75, 3.05) is 13.1 Å². The summed E-state index contributed by atoms with van der Waals surface area (Å²) in [4.78, 5) is 40.7. The zero-order chi connectivity index (χ0) is 56.6. The molecular formula is C73H109N3O2S2. The molecule has 0 radical (unpaired) electrons. The second-order valence-corrected chi connectivity index (χ2v) is 27.2. The summed E-state index contributed by atoms with van der Waals surface area (Å²) in [6.07, 6.45) is 42.2. The van der Waals surface area contributed by atoms with Crippen molar-refractivity contribution in [1.29, 1.82) is 0 Å². The Balaban J connectivity index is 1.33. The topological polar surface area (TPSA) is 45.6 Å². The van der Waals surface area contributed by atoms with Gasteiger partial charge < -0.3 is 14.4 Å². The van der Waals surface area contributed by atoms with E-state index in [1.165, 1.54) is 235 Å². The minimum absolute atomic E-state index is 0.0453. The second-order valence-electron chi connectivity index (χ2n) is 24.9. The SMILES string of the molecule is CCCCCCCCC(CCCCCC)CN1C(=O)C2=C(c3ccc(-c4ccc5c6ccc(C)cc6n(C(CCCCCC)CCCCCC)c5c4)s3)N(CC(CCCCCC)CCCCCCCC)C(=O)C2=C1c1ccc(C)s1. The standard InChI is InChI=1S/C73H109N3O2S2/c1-9-15-21-27-29-33-39-57(37-31-23-17-11-3)53-74-70(66-48-44-56(8)79-66)68-69(73(74)78)71(75(72(68)77)54-58(38-32-24-18-12-4)40-34-30-28-22-16-10-2)67-50-49-65(80-67)59-45-47-62-61-46-43-55(7)51-63(61)76(64(62)52-59)60(41-35-25-19-13-5)42-36-26-20-14-6/h43-52,57-58,60H,9-42,53-54H2,1-8H3. The van der Waals surface area contributed by atoms with Crippen LogP contribution >= 0.6 is 22.7 Å². The van der Waals surface area contributed by atoms with Crippen LogP contribution in [0.2, 0.25) is 0 Å². The van der Waals surface area contributed by atoms with Gasteiger partial charge in [0.1, 0.15) is 0 Å². The van der Waals surface area contributed by atoms with E-state index in [1.54, 1.807) is 22.7 Å². The summed E-state index contributed by atoms with van der Waals surface area (Å²) in [5, 5.41) is 2.69. The molecule has 0 saturated heterocycles. The normalized spacial score (nSPS) is 14.7. The molecule has 2 atom stereocenters. The predicted octanol–water partition coefficient (Wildman–Crippen LogP) is 23.2. The molecule has 0 spiro atoms. The maximum atomic E-state index is 15.9. The van der Waals surface area contributed by atoms with E-state index in [0.717, 1.165) is 46.8 Å². The number of benzene rings is 2.